The van der Waals surface area contributed by atoms with Crippen LogP contribution in [0.25, 0.3) is 0 Å². The van der Waals surface area contributed by atoms with Gasteiger partial charge in [-0.05, 0) is 38.3 Å². The second-order valence-corrected chi connectivity index (χ2v) is 5.29. The first-order chi connectivity index (χ1) is 9.94. The van der Waals surface area contributed by atoms with Crippen molar-refractivity contribution in [1.82, 2.24) is 15.5 Å². The van der Waals surface area contributed by atoms with Gasteiger partial charge in [-0.2, -0.15) is 13.2 Å². The molecule has 0 saturated carbocycles. The van der Waals surface area contributed by atoms with Gasteiger partial charge in [0.05, 0.1) is 6.54 Å². The lowest BCUT2D eigenvalue weighted by Crippen LogP contribution is -2.41. The maximum absolute atomic E-state index is 12.3. The first-order valence-electron chi connectivity index (χ1n) is 7.29. The van der Waals surface area contributed by atoms with Crippen LogP contribution in [0.1, 0.15) is 19.3 Å². The van der Waals surface area contributed by atoms with E-state index in [1.807, 2.05) is 0 Å². The Morgan fingerprint density at radius 2 is 1.95 bits per heavy atom. The predicted octanol–water partition coefficient (Wildman–Crippen LogP) is 2.62. The summed E-state index contributed by atoms with van der Waals surface area (Å²) >= 11 is 0. The molecule has 0 amide bonds. The van der Waals surface area contributed by atoms with Gasteiger partial charge in [0.2, 0.25) is 0 Å². The van der Waals surface area contributed by atoms with E-state index >= 15 is 0 Å². The van der Waals surface area contributed by atoms with Crippen molar-refractivity contribution in [2.75, 3.05) is 39.8 Å². The van der Waals surface area contributed by atoms with E-state index in [-0.39, 0.29) is 24.0 Å². The minimum Gasteiger partial charge on any atom is -0.356 e. The molecule has 22 heavy (non-hydrogen) atoms. The Balaban J connectivity index is 0.00000441. The Bertz CT molecular complexity index is 339. The fourth-order valence-electron chi connectivity index (χ4n) is 2.47. The molecule has 0 atom stereocenters. The highest BCUT2D eigenvalue weighted by atomic mass is 127. The van der Waals surface area contributed by atoms with Crippen molar-refractivity contribution in [1.29, 1.82) is 0 Å². The first kappa shape index (κ1) is 21.5. The molecule has 1 aliphatic heterocycles. The van der Waals surface area contributed by atoms with Gasteiger partial charge in [0.15, 0.2) is 5.96 Å². The lowest BCUT2D eigenvalue weighted by atomic mass is 9.93. The largest absolute Gasteiger partial charge is 0.401 e. The van der Waals surface area contributed by atoms with E-state index in [1.54, 1.807) is 13.1 Å². The van der Waals surface area contributed by atoms with Gasteiger partial charge in [0.25, 0.3) is 0 Å². The molecule has 1 aliphatic rings. The van der Waals surface area contributed by atoms with Gasteiger partial charge in [0, 0.05) is 20.1 Å². The molecule has 0 aromatic carbocycles. The van der Waals surface area contributed by atoms with E-state index < -0.39 is 12.7 Å². The third kappa shape index (κ3) is 9.50. The van der Waals surface area contributed by atoms with Crippen molar-refractivity contribution in [2.24, 2.45) is 10.9 Å². The molecular weight excluding hydrogens is 408 g/mol. The fraction of sp³-hybridized carbons (Fsp3) is 0.786. The van der Waals surface area contributed by atoms with Crippen LogP contribution in [0, 0.1) is 5.92 Å². The van der Waals surface area contributed by atoms with Crippen LogP contribution in [-0.2, 0) is 0 Å². The number of hydrogen-bond acceptors (Lipinski definition) is 2. The number of aliphatic imine (C=N–C) groups is 1. The Morgan fingerprint density at radius 3 is 2.45 bits per heavy atom. The van der Waals surface area contributed by atoms with Gasteiger partial charge < -0.3 is 10.6 Å². The second kappa shape index (κ2) is 11.1. The monoisotopic (exact) mass is 434 g/mol. The van der Waals surface area contributed by atoms with Gasteiger partial charge in [0.1, 0.15) is 0 Å². The van der Waals surface area contributed by atoms with Crippen molar-refractivity contribution in [3.8, 4) is 0 Å². The zero-order chi connectivity index (χ0) is 15.7. The van der Waals surface area contributed by atoms with E-state index in [0.717, 1.165) is 31.8 Å². The van der Waals surface area contributed by atoms with E-state index in [0.29, 0.717) is 25.6 Å². The summed E-state index contributed by atoms with van der Waals surface area (Å²) in [4.78, 5) is 5.57. The lowest BCUT2D eigenvalue weighted by molar-refractivity contribution is -0.148. The molecule has 8 heteroatoms. The van der Waals surface area contributed by atoms with Crippen LogP contribution in [0.3, 0.4) is 0 Å². The molecule has 130 valence electrons. The van der Waals surface area contributed by atoms with Gasteiger partial charge in [-0.3, -0.25) is 9.89 Å². The lowest BCUT2D eigenvalue weighted by Gasteiger charge is -2.32. The molecular formula is C14H26F3IN4. The molecule has 1 heterocycles. The highest BCUT2D eigenvalue weighted by Gasteiger charge is 2.32. The quantitative estimate of drug-likeness (QED) is 0.292. The number of piperidine rings is 1. The second-order valence-electron chi connectivity index (χ2n) is 5.29. The number of guanidine groups is 1. The van der Waals surface area contributed by atoms with Gasteiger partial charge in [-0.1, -0.05) is 6.08 Å². The molecule has 1 rings (SSSR count). The van der Waals surface area contributed by atoms with E-state index in [9.17, 15) is 13.2 Å². The van der Waals surface area contributed by atoms with Crippen molar-refractivity contribution < 1.29 is 13.2 Å². The Labute approximate surface area is 147 Å². The van der Waals surface area contributed by atoms with E-state index in [4.69, 9.17) is 0 Å². The number of nitrogens with one attached hydrogen (secondary N) is 2. The first-order valence-corrected chi connectivity index (χ1v) is 7.29. The number of nitrogens with zero attached hydrogens (tertiary/aromatic N) is 2. The summed E-state index contributed by atoms with van der Waals surface area (Å²) in [7, 11) is 1.70. The molecule has 0 bridgehead atoms. The van der Waals surface area contributed by atoms with Gasteiger partial charge in [-0.15, -0.1) is 30.6 Å². The third-order valence-electron chi connectivity index (χ3n) is 3.59. The maximum atomic E-state index is 12.3. The highest BCUT2D eigenvalue weighted by molar-refractivity contribution is 14.0. The maximum Gasteiger partial charge on any atom is 0.401 e. The topological polar surface area (TPSA) is 39.7 Å². The summed E-state index contributed by atoms with van der Waals surface area (Å²) in [5.74, 6) is 1.21. The summed E-state index contributed by atoms with van der Waals surface area (Å²) in [5, 5.41) is 6.28. The molecule has 0 aromatic rings. The number of hydrogen-bond donors (Lipinski definition) is 2. The number of rotatable bonds is 6. The number of likely N-dealkylation sites (tertiary alicyclic amines) is 1. The van der Waals surface area contributed by atoms with Crippen LogP contribution >= 0.6 is 24.0 Å². The molecule has 0 radical (unpaired) electrons. The minimum absolute atomic E-state index is 0. The zero-order valence-electron chi connectivity index (χ0n) is 13.0. The molecule has 4 nitrogen and oxygen atoms in total. The summed E-state index contributed by atoms with van der Waals surface area (Å²) in [5.41, 5.74) is 0. The molecule has 0 aromatic heterocycles. The fourth-order valence-corrected chi connectivity index (χ4v) is 2.47. The molecule has 0 unspecified atom stereocenters. The molecule has 2 N–H and O–H groups in total. The number of alkyl halides is 3. The van der Waals surface area contributed by atoms with Crippen LogP contribution in [0.15, 0.2) is 17.6 Å². The Hall–Kier alpha value is -0.510. The van der Waals surface area contributed by atoms with Crippen LogP contribution < -0.4 is 10.6 Å². The van der Waals surface area contributed by atoms with Crippen molar-refractivity contribution in [3.05, 3.63) is 12.7 Å². The van der Waals surface area contributed by atoms with Crippen LogP contribution in [0.2, 0.25) is 0 Å². The average molecular weight is 434 g/mol. The van der Waals surface area contributed by atoms with Crippen LogP contribution in [0.5, 0.6) is 0 Å². The van der Waals surface area contributed by atoms with Gasteiger partial charge in [-0.25, -0.2) is 0 Å². The summed E-state index contributed by atoms with van der Waals surface area (Å²) in [6.45, 7) is 5.34. The minimum atomic E-state index is -4.09. The SMILES string of the molecule is C=CCNC(=NC)NCCC1CCN(CC(F)(F)F)CC1.I. The Kier molecular flexibility index (Phi) is 10.8. The van der Waals surface area contributed by atoms with Crippen molar-refractivity contribution in [3.63, 3.8) is 0 Å². The van der Waals surface area contributed by atoms with Gasteiger partial charge >= 0.3 is 6.18 Å². The van der Waals surface area contributed by atoms with Crippen LogP contribution in [0.4, 0.5) is 13.2 Å². The molecule has 0 aliphatic carbocycles. The normalized spacial score (nSPS) is 17.7. The summed E-state index contributed by atoms with van der Waals surface area (Å²) in [6.07, 6.45) is 0.280. The smallest absolute Gasteiger partial charge is 0.356 e. The summed E-state index contributed by atoms with van der Waals surface area (Å²) in [6, 6.07) is 0. The Morgan fingerprint density at radius 1 is 1.32 bits per heavy atom. The number of halogens is 4. The molecule has 1 fully saturated rings. The summed E-state index contributed by atoms with van der Waals surface area (Å²) < 4.78 is 36.9. The molecule has 1 saturated heterocycles. The predicted molar refractivity (Wildman–Crippen MR) is 94.8 cm³/mol. The third-order valence-corrected chi connectivity index (χ3v) is 3.59. The van der Waals surface area contributed by atoms with E-state index in [2.05, 4.69) is 22.2 Å². The average Bonchev–Trinajstić information content (AvgIpc) is 2.43. The van der Waals surface area contributed by atoms with Crippen LogP contribution in [-0.4, -0.2) is 56.8 Å². The van der Waals surface area contributed by atoms with Crippen molar-refractivity contribution in [2.45, 2.75) is 25.4 Å². The van der Waals surface area contributed by atoms with Crippen molar-refractivity contribution >= 4 is 29.9 Å². The van der Waals surface area contributed by atoms with E-state index in [1.165, 1.54) is 4.90 Å². The zero-order valence-corrected chi connectivity index (χ0v) is 15.3. The highest BCUT2D eigenvalue weighted by Crippen LogP contribution is 2.23. The standard InChI is InChI=1S/C14H25F3N4.HI/c1-3-7-19-13(18-2)20-8-4-12-5-9-21(10-6-12)11-14(15,16)17;/h3,12H,1,4-11H2,2H3,(H2,18,19,20);1H. The molecule has 0 spiro atoms.